The Kier molecular flexibility index (Phi) is 45.4. The van der Waals surface area contributed by atoms with Gasteiger partial charge >= 0.3 is 17.9 Å². The van der Waals surface area contributed by atoms with Gasteiger partial charge in [-0.2, -0.15) is 0 Å². The third-order valence-corrected chi connectivity index (χ3v) is 10.5. The van der Waals surface area contributed by atoms with Crippen LogP contribution >= 0.6 is 0 Å². The predicted octanol–water partition coefficient (Wildman–Crippen LogP) is 16.1. The van der Waals surface area contributed by atoms with E-state index in [1.807, 2.05) is 0 Å². The van der Waals surface area contributed by atoms with E-state index in [0.29, 0.717) is 19.3 Å². The maximum absolute atomic E-state index is 12.8. The highest BCUT2D eigenvalue weighted by Gasteiger charge is 2.19. The van der Waals surface area contributed by atoms with Crippen LogP contribution in [0.5, 0.6) is 0 Å². The molecule has 6 heteroatoms. The number of hydrogen-bond acceptors (Lipinski definition) is 6. The van der Waals surface area contributed by atoms with Crippen molar-refractivity contribution in [3.63, 3.8) is 0 Å². The minimum atomic E-state index is -0.782. The van der Waals surface area contributed by atoms with Crippen molar-refractivity contribution in [1.82, 2.24) is 0 Å². The molecule has 1 unspecified atom stereocenters. The maximum atomic E-state index is 12.8. The van der Waals surface area contributed by atoms with Crippen molar-refractivity contribution in [2.24, 2.45) is 0 Å². The molecule has 0 radical (unpaired) electrons. The van der Waals surface area contributed by atoms with Crippen LogP contribution in [0.15, 0.2) is 60.8 Å². The van der Waals surface area contributed by atoms with Gasteiger partial charge in [-0.05, 0) is 83.5 Å². The summed E-state index contributed by atoms with van der Waals surface area (Å²) in [7, 11) is 0. The summed E-state index contributed by atoms with van der Waals surface area (Å²) in [5.74, 6) is -0.909. The van der Waals surface area contributed by atoms with E-state index in [9.17, 15) is 14.4 Å². The minimum Gasteiger partial charge on any atom is -0.462 e. The van der Waals surface area contributed by atoms with Gasteiger partial charge in [0.25, 0.3) is 0 Å². The van der Waals surface area contributed by atoms with Gasteiger partial charge < -0.3 is 14.2 Å². The molecule has 0 aromatic heterocycles. The Labute approximate surface area is 364 Å². The number of esters is 3. The first-order valence-electron chi connectivity index (χ1n) is 24.8. The fourth-order valence-electron chi connectivity index (χ4n) is 6.77. The Balaban J connectivity index is 4.40. The predicted molar refractivity (Wildman–Crippen MR) is 251 cm³/mol. The van der Waals surface area contributed by atoms with Gasteiger partial charge in [-0.1, -0.05) is 197 Å². The highest BCUT2D eigenvalue weighted by molar-refractivity contribution is 5.71. The van der Waals surface area contributed by atoms with E-state index < -0.39 is 6.10 Å². The van der Waals surface area contributed by atoms with Gasteiger partial charge in [0.1, 0.15) is 13.2 Å². The fraction of sp³-hybridized carbons (Fsp3) is 0.755. The van der Waals surface area contributed by atoms with Gasteiger partial charge in [-0.15, -0.1) is 0 Å². The van der Waals surface area contributed by atoms with Crippen LogP contribution in [0.2, 0.25) is 0 Å². The summed E-state index contributed by atoms with van der Waals surface area (Å²) in [6.07, 6.45) is 57.7. The van der Waals surface area contributed by atoms with E-state index >= 15 is 0 Å². The molecule has 340 valence electrons. The second-order valence-corrected chi connectivity index (χ2v) is 16.4. The molecule has 0 aliphatic heterocycles. The Morgan fingerprint density at radius 3 is 1.12 bits per heavy atom. The number of carbonyl (C=O) groups excluding carboxylic acids is 3. The van der Waals surface area contributed by atoms with Gasteiger partial charge in [0, 0.05) is 19.3 Å². The third kappa shape index (κ3) is 46.0. The smallest absolute Gasteiger partial charge is 0.306 e. The summed E-state index contributed by atoms with van der Waals surface area (Å²) < 4.78 is 16.7. The van der Waals surface area contributed by atoms with Crippen molar-refractivity contribution in [1.29, 1.82) is 0 Å². The lowest BCUT2D eigenvalue weighted by Crippen LogP contribution is -2.30. The first-order valence-corrected chi connectivity index (χ1v) is 24.8. The SMILES string of the molecule is CC\C=C/C=C\C=C/CCCCCCCCCC(=O)OCC(COC(=O)CCCCCCC/C=C\CCCC)OC(=O)CCCCCCCCC/C=C\CCCCCC. The van der Waals surface area contributed by atoms with Gasteiger partial charge in [0.15, 0.2) is 6.10 Å². The molecule has 0 saturated carbocycles. The van der Waals surface area contributed by atoms with Crippen LogP contribution in [0, 0.1) is 0 Å². The number of rotatable bonds is 44. The maximum Gasteiger partial charge on any atom is 0.306 e. The quantitative estimate of drug-likeness (QED) is 0.0200. The molecule has 0 heterocycles. The fourth-order valence-corrected chi connectivity index (χ4v) is 6.77. The molecule has 0 aliphatic rings. The normalized spacial score (nSPS) is 12.5. The summed E-state index contributed by atoms with van der Waals surface area (Å²) in [5.41, 5.74) is 0. The molecular formula is C53H92O6. The Morgan fingerprint density at radius 1 is 0.356 bits per heavy atom. The first-order chi connectivity index (χ1) is 29.0. The zero-order chi connectivity index (χ0) is 43.0. The van der Waals surface area contributed by atoms with Crippen LogP contribution in [0.3, 0.4) is 0 Å². The van der Waals surface area contributed by atoms with Crippen molar-refractivity contribution < 1.29 is 28.6 Å². The summed E-state index contributed by atoms with van der Waals surface area (Å²) >= 11 is 0. The van der Waals surface area contributed by atoms with Crippen LogP contribution in [0.25, 0.3) is 0 Å². The van der Waals surface area contributed by atoms with Gasteiger partial charge in [-0.25, -0.2) is 0 Å². The van der Waals surface area contributed by atoms with Crippen LogP contribution in [0.4, 0.5) is 0 Å². The Bertz CT molecular complexity index is 1090. The van der Waals surface area contributed by atoms with Crippen LogP contribution in [-0.2, 0) is 28.6 Å². The lowest BCUT2D eigenvalue weighted by Gasteiger charge is -2.18. The molecule has 0 N–H and O–H groups in total. The van der Waals surface area contributed by atoms with Gasteiger partial charge in [0.05, 0.1) is 0 Å². The van der Waals surface area contributed by atoms with Gasteiger partial charge in [0.2, 0.25) is 0 Å². The average molecular weight is 825 g/mol. The van der Waals surface area contributed by atoms with Crippen molar-refractivity contribution in [3.8, 4) is 0 Å². The lowest BCUT2D eigenvalue weighted by atomic mass is 10.1. The lowest BCUT2D eigenvalue weighted by molar-refractivity contribution is -0.167. The van der Waals surface area contributed by atoms with Crippen LogP contribution < -0.4 is 0 Å². The zero-order valence-electron chi connectivity index (χ0n) is 38.8. The summed E-state index contributed by atoms with van der Waals surface area (Å²) in [6, 6.07) is 0. The van der Waals surface area contributed by atoms with Crippen LogP contribution in [-0.4, -0.2) is 37.2 Å². The second-order valence-electron chi connectivity index (χ2n) is 16.4. The van der Waals surface area contributed by atoms with E-state index in [1.54, 1.807) is 0 Å². The molecule has 0 aromatic carbocycles. The van der Waals surface area contributed by atoms with E-state index in [1.165, 1.54) is 122 Å². The monoisotopic (exact) mass is 825 g/mol. The van der Waals surface area contributed by atoms with Crippen molar-refractivity contribution in [2.45, 2.75) is 245 Å². The summed E-state index contributed by atoms with van der Waals surface area (Å²) in [4.78, 5) is 37.9. The van der Waals surface area contributed by atoms with Crippen LogP contribution in [0.1, 0.15) is 239 Å². The van der Waals surface area contributed by atoms with Crippen molar-refractivity contribution in [3.05, 3.63) is 60.8 Å². The minimum absolute atomic E-state index is 0.0843. The molecule has 0 saturated heterocycles. The molecule has 0 spiro atoms. The standard InChI is InChI=1S/C53H92O6/c1-4-7-10-13-16-19-22-24-26-28-31-34-37-40-43-46-52(55)58-49-50(48-57-51(54)45-42-39-36-33-30-21-18-15-12-9-6-3)59-53(56)47-44-41-38-35-32-29-27-25-23-20-17-14-11-8-5-2/h7,10,13,15-16,18-20,22-23,50H,4-6,8-9,11-12,14,17,21,24-49H2,1-3H3/b10-7-,16-13-,18-15-,22-19-,23-20-. The molecule has 1 atom stereocenters. The highest BCUT2D eigenvalue weighted by Crippen LogP contribution is 2.14. The Hall–Kier alpha value is -2.89. The molecule has 59 heavy (non-hydrogen) atoms. The largest absolute Gasteiger partial charge is 0.462 e. The Morgan fingerprint density at radius 2 is 0.695 bits per heavy atom. The highest BCUT2D eigenvalue weighted by atomic mass is 16.6. The number of unbranched alkanes of at least 4 members (excludes halogenated alkanes) is 25. The molecule has 0 amide bonds. The molecule has 0 aliphatic carbocycles. The summed E-state index contributed by atoms with van der Waals surface area (Å²) in [6.45, 7) is 6.44. The molecule has 0 bridgehead atoms. The van der Waals surface area contributed by atoms with Gasteiger partial charge in [-0.3, -0.25) is 14.4 Å². The van der Waals surface area contributed by atoms with E-state index in [2.05, 4.69) is 81.5 Å². The zero-order valence-corrected chi connectivity index (χ0v) is 38.8. The number of carbonyl (C=O) groups is 3. The molecular weight excluding hydrogens is 733 g/mol. The number of allylic oxidation sites excluding steroid dienone is 10. The van der Waals surface area contributed by atoms with Crippen molar-refractivity contribution >= 4 is 17.9 Å². The first kappa shape index (κ1) is 56.1. The topological polar surface area (TPSA) is 78.9 Å². The number of ether oxygens (including phenoxy) is 3. The van der Waals surface area contributed by atoms with E-state index in [-0.39, 0.29) is 31.1 Å². The van der Waals surface area contributed by atoms with E-state index in [4.69, 9.17) is 14.2 Å². The second kappa shape index (κ2) is 47.8. The molecule has 0 rings (SSSR count). The van der Waals surface area contributed by atoms with Crippen molar-refractivity contribution in [2.75, 3.05) is 13.2 Å². The number of hydrogen-bond donors (Lipinski definition) is 0. The molecule has 0 fully saturated rings. The summed E-state index contributed by atoms with van der Waals surface area (Å²) in [5, 5.41) is 0. The third-order valence-electron chi connectivity index (χ3n) is 10.5. The van der Waals surface area contributed by atoms with E-state index in [0.717, 1.165) is 77.0 Å². The molecule has 6 nitrogen and oxygen atoms in total. The average Bonchev–Trinajstić information content (AvgIpc) is 3.23. The molecule has 0 aromatic rings.